The van der Waals surface area contributed by atoms with E-state index in [-0.39, 0.29) is 17.2 Å². The monoisotopic (exact) mass is 300 g/mol. The van der Waals surface area contributed by atoms with Crippen molar-refractivity contribution in [1.29, 1.82) is 0 Å². The van der Waals surface area contributed by atoms with Gasteiger partial charge in [0.25, 0.3) is 0 Å². The number of fused-ring (bicyclic) bond motifs is 1. The molecule has 0 aliphatic rings. The van der Waals surface area contributed by atoms with Crippen molar-refractivity contribution in [3.05, 3.63) is 75.1 Å². The van der Waals surface area contributed by atoms with Crippen LogP contribution >= 0.6 is 11.6 Å². The van der Waals surface area contributed by atoms with Gasteiger partial charge >= 0.3 is 5.63 Å². The maximum Gasteiger partial charge on any atom is 0.343 e. The molecule has 0 saturated carbocycles. The Balaban J connectivity index is 2.20. The first-order valence-electron chi connectivity index (χ1n) is 6.58. The molecule has 1 unspecified atom stereocenters. The molecular formula is C17H13ClO3. The molecule has 0 radical (unpaired) electrons. The maximum atomic E-state index is 12.2. The van der Waals surface area contributed by atoms with Crippen molar-refractivity contribution >= 4 is 22.6 Å². The third kappa shape index (κ3) is 2.41. The standard InChI is InChI=1S/C17H13ClO3/c1-10(11-6-8-12(18)9-7-11)15-16(19)13-4-2-3-5-14(13)21-17(15)20/h2-10,19H,1H3. The van der Waals surface area contributed by atoms with E-state index in [0.29, 0.717) is 16.0 Å². The van der Waals surface area contributed by atoms with Crippen LogP contribution in [-0.4, -0.2) is 5.11 Å². The molecule has 3 nitrogen and oxygen atoms in total. The Morgan fingerprint density at radius 3 is 2.48 bits per heavy atom. The van der Waals surface area contributed by atoms with E-state index in [1.807, 2.05) is 19.1 Å². The van der Waals surface area contributed by atoms with E-state index in [9.17, 15) is 9.90 Å². The molecule has 0 fully saturated rings. The Labute approximate surface area is 126 Å². The predicted molar refractivity (Wildman–Crippen MR) is 83.1 cm³/mol. The number of aromatic hydroxyl groups is 1. The van der Waals surface area contributed by atoms with Crippen molar-refractivity contribution in [2.24, 2.45) is 0 Å². The molecule has 106 valence electrons. The fourth-order valence-corrected chi connectivity index (χ4v) is 2.57. The van der Waals surface area contributed by atoms with Gasteiger partial charge in [-0.1, -0.05) is 42.8 Å². The zero-order chi connectivity index (χ0) is 15.0. The molecule has 1 N–H and O–H groups in total. The number of hydrogen-bond acceptors (Lipinski definition) is 3. The Morgan fingerprint density at radius 2 is 1.76 bits per heavy atom. The highest BCUT2D eigenvalue weighted by Crippen LogP contribution is 2.33. The highest BCUT2D eigenvalue weighted by molar-refractivity contribution is 6.30. The molecule has 1 atom stereocenters. The molecule has 0 spiro atoms. The van der Waals surface area contributed by atoms with E-state index in [4.69, 9.17) is 16.0 Å². The fraction of sp³-hybridized carbons (Fsp3) is 0.118. The van der Waals surface area contributed by atoms with Crippen LogP contribution in [0.3, 0.4) is 0 Å². The second kappa shape index (κ2) is 5.26. The number of benzene rings is 2. The van der Waals surface area contributed by atoms with Crippen molar-refractivity contribution in [2.45, 2.75) is 12.8 Å². The van der Waals surface area contributed by atoms with E-state index >= 15 is 0 Å². The lowest BCUT2D eigenvalue weighted by atomic mass is 9.93. The molecule has 2 aromatic carbocycles. The third-order valence-corrected chi connectivity index (χ3v) is 3.87. The van der Waals surface area contributed by atoms with E-state index in [1.165, 1.54) is 0 Å². The van der Waals surface area contributed by atoms with Gasteiger partial charge in [0.1, 0.15) is 11.3 Å². The second-order valence-electron chi connectivity index (χ2n) is 4.92. The molecule has 21 heavy (non-hydrogen) atoms. The molecule has 3 aromatic rings. The number of para-hydroxylation sites is 1. The molecule has 1 heterocycles. The van der Waals surface area contributed by atoms with E-state index in [2.05, 4.69) is 0 Å². The van der Waals surface area contributed by atoms with Gasteiger partial charge in [-0.3, -0.25) is 0 Å². The first-order chi connectivity index (χ1) is 10.1. The fourth-order valence-electron chi connectivity index (χ4n) is 2.45. The summed E-state index contributed by atoms with van der Waals surface area (Å²) < 4.78 is 5.30. The quantitative estimate of drug-likeness (QED) is 0.718. The van der Waals surface area contributed by atoms with E-state index < -0.39 is 5.63 Å². The van der Waals surface area contributed by atoms with Crippen LogP contribution in [0.1, 0.15) is 24.0 Å². The van der Waals surface area contributed by atoms with Gasteiger partial charge in [-0.2, -0.15) is 0 Å². The number of rotatable bonds is 2. The number of hydrogen-bond donors (Lipinski definition) is 1. The van der Waals surface area contributed by atoms with Crippen LogP contribution in [0.25, 0.3) is 11.0 Å². The van der Waals surface area contributed by atoms with Gasteiger partial charge in [0.2, 0.25) is 0 Å². The Morgan fingerprint density at radius 1 is 1.10 bits per heavy atom. The molecule has 1 aromatic heterocycles. The van der Waals surface area contributed by atoms with Crippen LogP contribution in [0.5, 0.6) is 5.75 Å². The van der Waals surface area contributed by atoms with Gasteiger partial charge in [-0.05, 0) is 29.8 Å². The van der Waals surface area contributed by atoms with Crippen LogP contribution in [-0.2, 0) is 0 Å². The molecule has 0 amide bonds. The lowest BCUT2D eigenvalue weighted by molar-refractivity contribution is 0.453. The lowest BCUT2D eigenvalue weighted by Crippen LogP contribution is -2.12. The van der Waals surface area contributed by atoms with Crippen LogP contribution in [0.4, 0.5) is 0 Å². The van der Waals surface area contributed by atoms with Gasteiger partial charge in [-0.15, -0.1) is 0 Å². The van der Waals surface area contributed by atoms with Gasteiger partial charge in [-0.25, -0.2) is 4.79 Å². The summed E-state index contributed by atoms with van der Waals surface area (Å²) in [4.78, 5) is 12.2. The topological polar surface area (TPSA) is 50.4 Å². The van der Waals surface area contributed by atoms with Crippen molar-refractivity contribution < 1.29 is 9.52 Å². The first kappa shape index (κ1) is 13.7. The molecule has 3 rings (SSSR count). The minimum Gasteiger partial charge on any atom is -0.507 e. The van der Waals surface area contributed by atoms with Crippen LogP contribution in [0.2, 0.25) is 5.02 Å². The molecular weight excluding hydrogens is 288 g/mol. The Kier molecular flexibility index (Phi) is 3.43. The minimum atomic E-state index is -0.520. The van der Waals surface area contributed by atoms with Gasteiger partial charge in [0, 0.05) is 10.9 Å². The zero-order valence-electron chi connectivity index (χ0n) is 11.3. The normalized spacial score (nSPS) is 12.5. The van der Waals surface area contributed by atoms with Crippen LogP contribution < -0.4 is 5.63 Å². The number of halogens is 1. The van der Waals surface area contributed by atoms with Gasteiger partial charge in [0.15, 0.2) is 0 Å². The first-order valence-corrected chi connectivity index (χ1v) is 6.96. The molecule has 0 bridgehead atoms. The van der Waals surface area contributed by atoms with Crippen molar-refractivity contribution in [3.8, 4) is 5.75 Å². The van der Waals surface area contributed by atoms with E-state index in [1.54, 1.807) is 36.4 Å². The molecule has 0 aliphatic carbocycles. The summed E-state index contributed by atoms with van der Waals surface area (Å²) in [7, 11) is 0. The van der Waals surface area contributed by atoms with Crippen molar-refractivity contribution in [2.75, 3.05) is 0 Å². The average Bonchev–Trinajstić information content (AvgIpc) is 2.48. The smallest absolute Gasteiger partial charge is 0.343 e. The van der Waals surface area contributed by atoms with Crippen LogP contribution in [0, 0.1) is 0 Å². The second-order valence-corrected chi connectivity index (χ2v) is 5.36. The third-order valence-electron chi connectivity index (χ3n) is 3.62. The Bertz CT molecular complexity index is 850. The van der Waals surface area contributed by atoms with Crippen molar-refractivity contribution in [1.82, 2.24) is 0 Å². The average molecular weight is 301 g/mol. The summed E-state index contributed by atoms with van der Waals surface area (Å²) in [6.07, 6.45) is 0. The zero-order valence-corrected chi connectivity index (χ0v) is 12.1. The van der Waals surface area contributed by atoms with E-state index in [0.717, 1.165) is 5.56 Å². The minimum absolute atomic E-state index is 0.0238. The highest BCUT2D eigenvalue weighted by atomic mass is 35.5. The summed E-state index contributed by atoms with van der Waals surface area (Å²) in [5.41, 5.74) is 1.01. The summed E-state index contributed by atoms with van der Waals surface area (Å²) in [5, 5.41) is 11.6. The van der Waals surface area contributed by atoms with Gasteiger partial charge in [0.05, 0.1) is 10.9 Å². The summed E-state index contributed by atoms with van der Waals surface area (Å²) in [5.74, 6) is -0.313. The maximum absolute atomic E-state index is 12.2. The molecule has 0 saturated heterocycles. The summed E-state index contributed by atoms with van der Waals surface area (Å²) >= 11 is 5.87. The van der Waals surface area contributed by atoms with Gasteiger partial charge < -0.3 is 9.52 Å². The summed E-state index contributed by atoms with van der Waals surface area (Å²) in [6.45, 7) is 1.85. The highest BCUT2D eigenvalue weighted by Gasteiger charge is 2.20. The Hall–Kier alpha value is -2.26. The SMILES string of the molecule is CC(c1ccc(Cl)cc1)c1c(O)c2ccccc2oc1=O. The predicted octanol–water partition coefficient (Wildman–Crippen LogP) is 4.30. The molecule has 0 aliphatic heterocycles. The molecule has 4 heteroatoms. The summed E-state index contributed by atoms with van der Waals surface area (Å²) in [6, 6.07) is 14.1. The van der Waals surface area contributed by atoms with Crippen LogP contribution in [0.15, 0.2) is 57.7 Å². The largest absolute Gasteiger partial charge is 0.507 e. The van der Waals surface area contributed by atoms with Crippen molar-refractivity contribution in [3.63, 3.8) is 0 Å². The lowest BCUT2D eigenvalue weighted by Gasteiger charge is -2.13.